The summed E-state index contributed by atoms with van der Waals surface area (Å²) in [5, 5.41) is 0. The second-order valence-corrected chi connectivity index (χ2v) is 7.10. The third-order valence-electron chi connectivity index (χ3n) is 4.10. The monoisotopic (exact) mass is 370 g/mol. The molecule has 25 heavy (non-hydrogen) atoms. The molecular weight excluding hydrogens is 353 g/mol. The van der Waals surface area contributed by atoms with Crippen LogP contribution in [0.4, 0.5) is 19.1 Å². The van der Waals surface area contributed by atoms with E-state index in [-0.39, 0.29) is 9.79 Å². The van der Waals surface area contributed by atoms with Crippen LogP contribution < -0.4 is 10.5 Å². The number of aromatic nitrogens is 3. The summed E-state index contributed by atoms with van der Waals surface area (Å²) in [7, 11) is 0. The van der Waals surface area contributed by atoms with Gasteiger partial charge in [0.2, 0.25) is 5.95 Å². The molecule has 1 N–H and O–H groups in total. The molecule has 3 heterocycles. The zero-order valence-corrected chi connectivity index (χ0v) is 14.3. The Balaban J connectivity index is 1.82. The third-order valence-corrected chi connectivity index (χ3v) is 5.16. The van der Waals surface area contributed by atoms with Crippen LogP contribution in [-0.2, 0) is 6.18 Å². The molecule has 0 atom stereocenters. The first-order valence-electron chi connectivity index (χ1n) is 7.89. The van der Waals surface area contributed by atoms with E-state index in [1.807, 2.05) is 4.90 Å². The Labute approximate surface area is 146 Å². The first kappa shape index (κ1) is 17.8. The molecule has 1 aliphatic rings. The molecule has 1 aliphatic heterocycles. The molecule has 1 fully saturated rings. The summed E-state index contributed by atoms with van der Waals surface area (Å²) in [6.45, 7) is 3.79. The van der Waals surface area contributed by atoms with Gasteiger partial charge in [0.25, 0.3) is 5.56 Å². The Hall–Kier alpha value is -2.03. The smallest absolute Gasteiger partial charge is 0.342 e. The van der Waals surface area contributed by atoms with Gasteiger partial charge in [0.15, 0.2) is 5.69 Å². The highest BCUT2D eigenvalue weighted by Crippen LogP contribution is 2.37. The molecule has 3 rings (SSSR count). The van der Waals surface area contributed by atoms with Crippen molar-refractivity contribution < 1.29 is 13.2 Å². The number of aromatic amines is 1. The van der Waals surface area contributed by atoms with Crippen LogP contribution in [0.2, 0.25) is 0 Å². The van der Waals surface area contributed by atoms with Crippen LogP contribution >= 0.6 is 11.8 Å². The van der Waals surface area contributed by atoms with Gasteiger partial charge in [0, 0.05) is 24.2 Å². The number of nitrogens with one attached hydrogen (secondary N) is 1. The fourth-order valence-corrected chi connectivity index (χ4v) is 3.53. The standard InChI is InChI=1S/C16H17F3N4OS/c1-10-4-7-23(8-5-10)15-21-9-12(14(24)22-15)25-11-3-2-6-20-13(11)16(17,18)19/h2-3,6,9-10H,4-5,7-8H2,1H3,(H,21,22,24). The van der Waals surface area contributed by atoms with Gasteiger partial charge in [-0.05, 0) is 30.9 Å². The normalized spacial score (nSPS) is 16.2. The van der Waals surface area contributed by atoms with Crippen molar-refractivity contribution in [3.05, 3.63) is 40.6 Å². The summed E-state index contributed by atoms with van der Waals surface area (Å²) in [4.78, 5) is 24.5. The van der Waals surface area contributed by atoms with Crippen LogP contribution in [0, 0.1) is 5.92 Å². The third kappa shape index (κ3) is 4.15. The molecule has 2 aromatic rings. The molecule has 0 aliphatic carbocycles. The van der Waals surface area contributed by atoms with Crippen molar-refractivity contribution in [2.75, 3.05) is 18.0 Å². The Kier molecular flexibility index (Phi) is 5.03. The average molecular weight is 370 g/mol. The van der Waals surface area contributed by atoms with E-state index in [1.54, 1.807) is 0 Å². The highest BCUT2D eigenvalue weighted by atomic mass is 32.2. The van der Waals surface area contributed by atoms with Crippen molar-refractivity contribution >= 4 is 17.7 Å². The fraction of sp³-hybridized carbons (Fsp3) is 0.438. The Morgan fingerprint density at radius 3 is 2.60 bits per heavy atom. The van der Waals surface area contributed by atoms with Crippen LogP contribution in [0.5, 0.6) is 0 Å². The zero-order valence-electron chi connectivity index (χ0n) is 13.5. The summed E-state index contributed by atoms with van der Waals surface area (Å²) in [6.07, 6.45) is -0.135. The number of nitrogens with zero attached hydrogens (tertiary/aromatic N) is 3. The lowest BCUT2D eigenvalue weighted by Gasteiger charge is -2.30. The maximum absolute atomic E-state index is 13.0. The van der Waals surface area contributed by atoms with Crippen molar-refractivity contribution in [2.24, 2.45) is 5.92 Å². The molecular formula is C16H17F3N4OS. The SMILES string of the molecule is CC1CCN(c2ncc(Sc3cccnc3C(F)(F)F)c(=O)[nH]2)CC1. The van der Waals surface area contributed by atoms with Crippen LogP contribution in [0.3, 0.4) is 0 Å². The van der Waals surface area contributed by atoms with E-state index in [2.05, 4.69) is 21.9 Å². The molecule has 0 amide bonds. The van der Waals surface area contributed by atoms with Gasteiger partial charge in [0.05, 0.1) is 11.1 Å². The molecule has 5 nitrogen and oxygen atoms in total. The van der Waals surface area contributed by atoms with Gasteiger partial charge in [-0.1, -0.05) is 18.7 Å². The van der Waals surface area contributed by atoms with E-state index in [0.29, 0.717) is 23.6 Å². The molecule has 0 radical (unpaired) electrons. The van der Waals surface area contributed by atoms with Crippen molar-refractivity contribution in [1.29, 1.82) is 0 Å². The Morgan fingerprint density at radius 2 is 1.96 bits per heavy atom. The number of anilines is 1. The van der Waals surface area contributed by atoms with E-state index < -0.39 is 17.4 Å². The van der Waals surface area contributed by atoms with E-state index in [1.165, 1.54) is 18.3 Å². The van der Waals surface area contributed by atoms with Gasteiger partial charge in [-0.25, -0.2) is 4.98 Å². The van der Waals surface area contributed by atoms with Gasteiger partial charge < -0.3 is 4.90 Å². The van der Waals surface area contributed by atoms with E-state index >= 15 is 0 Å². The molecule has 2 aromatic heterocycles. The Bertz CT molecular complexity index is 800. The van der Waals surface area contributed by atoms with Gasteiger partial charge in [-0.3, -0.25) is 14.8 Å². The number of halogens is 3. The largest absolute Gasteiger partial charge is 0.434 e. The average Bonchev–Trinajstić information content (AvgIpc) is 2.57. The van der Waals surface area contributed by atoms with E-state index in [9.17, 15) is 18.0 Å². The van der Waals surface area contributed by atoms with Crippen LogP contribution in [0.15, 0.2) is 39.1 Å². The quantitative estimate of drug-likeness (QED) is 0.895. The lowest BCUT2D eigenvalue weighted by molar-refractivity contribution is -0.143. The highest BCUT2D eigenvalue weighted by Gasteiger charge is 2.35. The predicted molar refractivity (Wildman–Crippen MR) is 88.8 cm³/mol. The molecule has 0 bridgehead atoms. The van der Waals surface area contributed by atoms with Crippen molar-refractivity contribution in [3.8, 4) is 0 Å². The van der Waals surface area contributed by atoms with Gasteiger partial charge >= 0.3 is 6.18 Å². The topological polar surface area (TPSA) is 61.9 Å². The van der Waals surface area contributed by atoms with Crippen molar-refractivity contribution in [3.63, 3.8) is 0 Å². The maximum Gasteiger partial charge on any atom is 0.434 e. The Morgan fingerprint density at radius 1 is 1.24 bits per heavy atom. The molecule has 0 spiro atoms. The summed E-state index contributed by atoms with van der Waals surface area (Å²) < 4.78 is 39.0. The molecule has 9 heteroatoms. The number of pyridine rings is 1. The van der Waals surface area contributed by atoms with Gasteiger partial charge in [0.1, 0.15) is 0 Å². The maximum atomic E-state index is 13.0. The predicted octanol–water partition coefficient (Wildman–Crippen LogP) is 3.57. The number of alkyl halides is 3. The number of hydrogen-bond donors (Lipinski definition) is 1. The summed E-state index contributed by atoms with van der Waals surface area (Å²) in [5.74, 6) is 1.10. The van der Waals surface area contributed by atoms with Gasteiger partial charge in [-0.2, -0.15) is 13.2 Å². The number of piperidine rings is 1. The van der Waals surface area contributed by atoms with Crippen molar-refractivity contribution in [1.82, 2.24) is 15.0 Å². The lowest BCUT2D eigenvalue weighted by Crippen LogP contribution is -2.35. The lowest BCUT2D eigenvalue weighted by atomic mass is 10.00. The van der Waals surface area contributed by atoms with E-state index in [4.69, 9.17) is 0 Å². The van der Waals surface area contributed by atoms with E-state index in [0.717, 1.165) is 32.1 Å². The molecule has 0 saturated carbocycles. The molecule has 0 aromatic carbocycles. The molecule has 134 valence electrons. The second-order valence-electron chi connectivity index (χ2n) is 6.02. The number of rotatable bonds is 3. The number of H-pyrrole nitrogens is 1. The molecule has 1 saturated heterocycles. The van der Waals surface area contributed by atoms with Crippen molar-refractivity contribution in [2.45, 2.75) is 35.7 Å². The summed E-state index contributed by atoms with van der Waals surface area (Å²) in [6, 6.07) is 2.70. The van der Waals surface area contributed by atoms with Crippen LogP contribution in [-0.4, -0.2) is 28.0 Å². The first-order valence-corrected chi connectivity index (χ1v) is 8.70. The van der Waals surface area contributed by atoms with Gasteiger partial charge in [-0.15, -0.1) is 0 Å². The molecule has 0 unspecified atom stereocenters. The minimum Gasteiger partial charge on any atom is -0.342 e. The summed E-state index contributed by atoms with van der Waals surface area (Å²) >= 11 is 0.716. The minimum absolute atomic E-state index is 0.104. The fourth-order valence-electron chi connectivity index (χ4n) is 2.63. The number of hydrogen-bond acceptors (Lipinski definition) is 5. The summed E-state index contributed by atoms with van der Waals surface area (Å²) in [5.41, 5.74) is -1.46. The zero-order chi connectivity index (χ0) is 18.0. The minimum atomic E-state index is -4.58. The highest BCUT2D eigenvalue weighted by molar-refractivity contribution is 7.99. The van der Waals surface area contributed by atoms with Crippen LogP contribution in [0.25, 0.3) is 0 Å². The van der Waals surface area contributed by atoms with Crippen LogP contribution in [0.1, 0.15) is 25.5 Å². The first-order chi connectivity index (χ1) is 11.8. The second kappa shape index (κ2) is 7.07.